The van der Waals surface area contributed by atoms with Gasteiger partial charge in [0.2, 0.25) is 0 Å². The first kappa shape index (κ1) is 19.1. The minimum atomic E-state index is -2.98. The first-order chi connectivity index (χ1) is 12.4. The van der Waals surface area contributed by atoms with Crippen molar-refractivity contribution in [1.29, 1.82) is 0 Å². The van der Waals surface area contributed by atoms with Crippen LogP contribution < -0.4 is 4.90 Å². The summed E-state index contributed by atoms with van der Waals surface area (Å²) in [5.41, 5.74) is 0.530. The van der Waals surface area contributed by atoms with Gasteiger partial charge in [0.15, 0.2) is 9.84 Å². The Morgan fingerprint density at radius 1 is 1.12 bits per heavy atom. The lowest BCUT2D eigenvalue weighted by atomic mass is 9.89. The Morgan fingerprint density at radius 3 is 2.46 bits per heavy atom. The molecule has 1 atom stereocenters. The van der Waals surface area contributed by atoms with E-state index in [2.05, 4.69) is 23.7 Å². The fourth-order valence-electron chi connectivity index (χ4n) is 3.82. The summed E-state index contributed by atoms with van der Waals surface area (Å²) in [5, 5.41) is 0. The summed E-state index contributed by atoms with van der Waals surface area (Å²) in [6.07, 6.45) is 5.25. The predicted octanol–water partition coefficient (Wildman–Crippen LogP) is 2.21. The Balaban J connectivity index is 1.62. The van der Waals surface area contributed by atoms with Gasteiger partial charge in [0, 0.05) is 32.4 Å². The minimum Gasteiger partial charge on any atom is -0.357 e. The van der Waals surface area contributed by atoms with E-state index in [1.165, 1.54) is 19.3 Å². The van der Waals surface area contributed by atoms with E-state index in [0.717, 1.165) is 30.7 Å². The molecular formula is C19H29N3O3S. The number of nitrogens with zero attached hydrogens (tertiary/aromatic N) is 3. The van der Waals surface area contributed by atoms with Crippen LogP contribution >= 0.6 is 0 Å². The zero-order valence-electron chi connectivity index (χ0n) is 15.7. The van der Waals surface area contributed by atoms with Crippen molar-refractivity contribution in [3.63, 3.8) is 0 Å². The van der Waals surface area contributed by atoms with Crippen molar-refractivity contribution >= 4 is 21.6 Å². The van der Waals surface area contributed by atoms with Crippen molar-refractivity contribution in [3.05, 3.63) is 23.9 Å². The van der Waals surface area contributed by atoms with Crippen molar-refractivity contribution in [1.82, 2.24) is 9.88 Å². The molecule has 2 saturated heterocycles. The van der Waals surface area contributed by atoms with Gasteiger partial charge in [0.25, 0.3) is 5.91 Å². The number of sulfone groups is 1. The molecule has 0 aliphatic carbocycles. The lowest BCUT2D eigenvalue weighted by Gasteiger charge is -2.27. The van der Waals surface area contributed by atoms with E-state index < -0.39 is 9.84 Å². The first-order valence-corrected chi connectivity index (χ1v) is 11.4. The van der Waals surface area contributed by atoms with E-state index in [0.29, 0.717) is 5.56 Å². The second-order valence-corrected chi connectivity index (χ2v) is 10.1. The first-order valence-electron chi connectivity index (χ1n) is 9.56. The average Bonchev–Trinajstić information content (AvgIpc) is 2.88. The highest BCUT2D eigenvalue weighted by molar-refractivity contribution is 7.91. The zero-order chi connectivity index (χ0) is 18.7. The molecule has 1 aromatic rings. The maximum Gasteiger partial charge on any atom is 0.255 e. The van der Waals surface area contributed by atoms with Gasteiger partial charge >= 0.3 is 0 Å². The molecule has 3 rings (SSSR count). The molecule has 0 spiro atoms. The Kier molecular flexibility index (Phi) is 5.85. The van der Waals surface area contributed by atoms with E-state index in [1.807, 2.05) is 12.1 Å². The van der Waals surface area contributed by atoms with E-state index in [-0.39, 0.29) is 30.5 Å². The number of hydrogen-bond donors (Lipinski definition) is 0. The molecule has 0 N–H and O–H groups in total. The molecule has 2 fully saturated rings. The fraction of sp³-hybridized carbons (Fsp3) is 0.684. The average molecular weight is 380 g/mol. The van der Waals surface area contributed by atoms with Crippen LogP contribution in [0, 0.1) is 11.8 Å². The van der Waals surface area contributed by atoms with Crippen LogP contribution in [0.1, 0.15) is 43.5 Å². The molecule has 2 aliphatic rings. The third-order valence-corrected chi connectivity index (χ3v) is 7.28. The van der Waals surface area contributed by atoms with Gasteiger partial charge in [-0.25, -0.2) is 13.4 Å². The molecule has 1 amide bonds. The summed E-state index contributed by atoms with van der Waals surface area (Å²) < 4.78 is 23.0. The summed E-state index contributed by atoms with van der Waals surface area (Å²) in [6, 6.07) is 3.74. The molecule has 6 nitrogen and oxygen atoms in total. The van der Waals surface area contributed by atoms with Crippen LogP contribution in [0.5, 0.6) is 0 Å². The van der Waals surface area contributed by atoms with E-state index >= 15 is 0 Å². The Labute approximate surface area is 156 Å². The smallest absolute Gasteiger partial charge is 0.255 e. The lowest BCUT2D eigenvalue weighted by Crippen LogP contribution is -2.43. The molecular weight excluding hydrogens is 350 g/mol. The van der Waals surface area contributed by atoms with Crippen LogP contribution in [-0.2, 0) is 9.84 Å². The highest BCUT2D eigenvalue weighted by Gasteiger charge is 2.26. The summed E-state index contributed by atoms with van der Waals surface area (Å²) in [6.45, 7) is 7.15. The van der Waals surface area contributed by atoms with Crippen LogP contribution in [0.3, 0.4) is 0 Å². The van der Waals surface area contributed by atoms with Crippen LogP contribution in [0.25, 0.3) is 0 Å². The molecule has 2 aliphatic heterocycles. The standard InChI is InChI=1S/C19H29N3O3S/c1-15(2)16-4-3-8-21(9-7-16)18-6-5-17(14-20-18)19(23)22-10-12-26(24,25)13-11-22/h5-6,14-16H,3-4,7-13H2,1-2H3. The Morgan fingerprint density at radius 2 is 1.85 bits per heavy atom. The quantitative estimate of drug-likeness (QED) is 0.805. The number of aromatic nitrogens is 1. The normalized spacial score (nSPS) is 23.7. The molecule has 0 radical (unpaired) electrons. The molecule has 26 heavy (non-hydrogen) atoms. The third-order valence-electron chi connectivity index (χ3n) is 5.67. The predicted molar refractivity (Wildman–Crippen MR) is 103 cm³/mol. The molecule has 0 saturated carbocycles. The lowest BCUT2D eigenvalue weighted by molar-refractivity contribution is 0.0770. The number of carbonyl (C=O) groups excluding carboxylic acids is 1. The summed E-state index contributed by atoms with van der Waals surface area (Å²) in [5.74, 6) is 2.39. The maximum atomic E-state index is 12.5. The van der Waals surface area contributed by atoms with Gasteiger partial charge in [0.05, 0.1) is 17.1 Å². The zero-order valence-corrected chi connectivity index (χ0v) is 16.5. The number of carbonyl (C=O) groups is 1. The van der Waals surface area contributed by atoms with Crippen LogP contribution in [-0.4, -0.2) is 61.9 Å². The second kappa shape index (κ2) is 7.94. The molecule has 1 aromatic heterocycles. The number of amides is 1. The van der Waals surface area contributed by atoms with Gasteiger partial charge in [-0.3, -0.25) is 4.79 Å². The molecule has 0 bridgehead atoms. The summed E-state index contributed by atoms with van der Waals surface area (Å²) in [7, 11) is -2.98. The number of pyridine rings is 1. The number of hydrogen-bond acceptors (Lipinski definition) is 5. The van der Waals surface area contributed by atoms with Crippen molar-refractivity contribution < 1.29 is 13.2 Å². The van der Waals surface area contributed by atoms with Crippen molar-refractivity contribution in [3.8, 4) is 0 Å². The van der Waals surface area contributed by atoms with Gasteiger partial charge in [-0.2, -0.15) is 0 Å². The van der Waals surface area contributed by atoms with Crippen LogP contribution in [0.2, 0.25) is 0 Å². The molecule has 7 heteroatoms. The van der Waals surface area contributed by atoms with Crippen molar-refractivity contribution in [2.24, 2.45) is 11.8 Å². The maximum absolute atomic E-state index is 12.5. The Bertz CT molecular complexity index is 717. The summed E-state index contributed by atoms with van der Waals surface area (Å²) >= 11 is 0. The highest BCUT2D eigenvalue weighted by atomic mass is 32.2. The van der Waals surface area contributed by atoms with Gasteiger partial charge < -0.3 is 9.80 Å². The molecule has 3 heterocycles. The number of anilines is 1. The van der Waals surface area contributed by atoms with E-state index in [1.54, 1.807) is 11.1 Å². The highest BCUT2D eigenvalue weighted by Crippen LogP contribution is 2.26. The van der Waals surface area contributed by atoms with Gasteiger partial charge in [-0.05, 0) is 43.2 Å². The minimum absolute atomic E-state index is 0.0506. The van der Waals surface area contributed by atoms with Gasteiger partial charge in [-0.1, -0.05) is 13.8 Å². The fourth-order valence-corrected chi connectivity index (χ4v) is 5.02. The van der Waals surface area contributed by atoms with Crippen LogP contribution in [0.15, 0.2) is 18.3 Å². The van der Waals surface area contributed by atoms with E-state index in [9.17, 15) is 13.2 Å². The molecule has 0 aromatic carbocycles. The number of rotatable bonds is 3. The largest absolute Gasteiger partial charge is 0.357 e. The van der Waals surface area contributed by atoms with Crippen LogP contribution in [0.4, 0.5) is 5.82 Å². The van der Waals surface area contributed by atoms with Gasteiger partial charge in [-0.15, -0.1) is 0 Å². The SMILES string of the molecule is CC(C)C1CCCN(c2ccc(C(=O)N3CCS(=O)(=O)CC3)cn2)CC1. The van der Waals surface area contributed by atoms with Crippen molar-refractivity contribution in [2.75, 3.05) is 42.6 Å². The second-order valence-electron chi connectivity index (χ2n) is 7.77. The Hall–Kier alpha value is -1.63. The summed E-state index contributed by atoms with van der Waals surface area (Å²) in [4.78, 5) is 21.0. The molecule has 1 unspecified atom stereocenters. The topological polar surface area (TPSA) is 70.6 Å². The molecule has 144 valence electrons. The monoisotopic (exact) mass is 379 g/mol. The van der Waals surface area contributed by atoms with E-state index in [4.69, 9.17) is 0 Å². The third kappa shape index (κ3) is 4.55. The van der Waals surface area contributed by atoms with Crippen molar-refractivity contribution in [2.45, 2.75) is 33.1 Å². The van der Waals surface area contributed by atoms with Gasteiger partial charge in [0.1, 0.15) is 5.82 Å².